The summed E-state index contributed by atoms with van der Waals surface area (Å²) in [6, 6.07) is 13.2. The van der Waals surface area contributed by atoms with Crippen LogP contribution in [0, 0.1) is 11.7 Å². The highest BCUT2D eigenvalue weighted by atomic mass is 19.1. The molecule has 0 aliphatic heterocycles. The summed E-state index contributed by atoms with van der Waals surface area (Å²) >= 11 is 0. The van der Waals surface area contributed by atoms with E-state index in [4.69, 9.17) is 4.74 Å². The molecule has 1 aliphatic rings. The van der Waals surface area contributed by atoms with E-state index in [1.807, 2.05) is 0 Å². The largest absolute Gasteiger partial charge is 0.497 e. The first-order valence-electron chi connectivity index (χ1n) is 10.1. The van der Waals surface area contributed by atoms with E-state index in [0.29, 0.717) is 36.0 Å². The van der Waals surface area contributed by atoms with Crippen molar-refractivity contribution in [1.29, 1.82) is 0 Å². The number of imidazole rings is 1. The average Bonchev–Trinajstić information content (AvgIpc) is 3.51. The van der Waals surface area contributed by atoms with Gasteiger partial charge in [-0.05, 0) is 48.6 Å². The molecule has 2 aromatic heterocycles. The van der Waals surface area contributed by atoms with Gasteiger partial charge in [-0.2, -0.15) is 0 Å². The summed E-state index contributed by atoms with van der Waals surface area (Å²) in [5.41, 5.74) is 1.26. The Hall–Kier alpha value is -3.68. The molecule has 0 radical (unpaired) electrons. The van der Waals surface area contributed by atoms with Crippen LogP contribution < -0.4 is 16.0 Å². The Morgan fingerprint density at radius 2 is 1.90 bits per heavy atom. The van der Waals surface area contributed by atoms with Crippen LogP contribution in [0.2, 0.25) is 0 Å². The van der Waals surface area contributed by atoms with Gasteiger partial charge in [-0.25, -0.2) is 18.7 Å². The van der Waals surface area contributed by atoms with E-state index in [0.717, 1.165) is 18.4 Å². The fourth-order valence-electron chi connectivity index (χ4n) is 3.79. The van der Waals surface area contributed by atoms with E-state index in [1.54, 1.807) is 54.4 Å². The third-order valence-corrected chi connectivity index (χ3v) is 5.62. The van der Waals surface area contributed by atoms with Crippen molar-refractivity contribution in [2.75, 3.05) is 7.11 Å². The van der Waals surface area contributed by atoms with Crippen LogP contribution in [0.5, 0.6) is 5.75 Å². The Bertz CT molecular complexity index is 1380. The van der Waals surface area contributed by atoms with E-state index >= 15 is 0 Å². The van der Waals surface area contributed by atoms with Crippen molar-refractivity contribution in [2.24, 2.45) is 5.92 Å². The quantitative estimate of drug-likeness (QED) is 0.481. The first-order chi connectivity index (χ1) is 15.0. The molecule has 7 nitrogen and oxygen atoms in total. The lowest BCUT2D eigenvalue weighted by Crippen LogP contribution is -2.40. The minimum absolute atomic E-state index is 0.289. The van der Waals surface area contributed by atoms with Gasteiger partial charge < -0.3 is 9.30 Å². The maximum Gasteiger partial charge on any atom is 0.337 e. The smallest absolute Gasteiger partial charge is 0.337 e. The normalized spacial score (nSPS) is 13.6. The minimum atomic E-state index is -0.412. The summed E-state index contributed by atoms with van der Waals surface area (Å²) in [7, 11) is 1.56. The lowest BCUT2D eigenvalue weighted by atomic mass is 10.2. The average molecular weight is 420 g/mol. The zero-order chi connectivity index (χ0) is 21.5. The second-order valence-electron chi connectivity index (χ2n) is 7.85. The van der Waals surface area contributed by atoms with Crippen LogP contribution in [0.1, 0.15) is 18.4 Å². The lowest BCUT2D eigenvalue weighted by molar-refractivity contribution is 0.414. The molecule has 1 saturated carbocycles. The van der Waals surface area contributed by atoms with Crippen LogP contribution in [0.3, 0.4) is 0 Å². The maximum absolute atomic E-state index is 13.4. The van der Waals surface area contributed by atoms with Crippen molar-refractivity contribution in [3.63, 3.8) is 0 Å². The second kappa shape index (κ2) is 7.54. The first-order valence-corrected chi connectivity index (χ1v) is 10.1. The summed E-state index contributed by atoms with van der Waals surface area (Å²) < 4.78 is 23.1. The van der Waals surface area contributed by atoms with Crippen LogP contribution in [-0.4, -0.2) is 25.8 Å². The van der Waals surface area contributed by atoms with Crippen molar-refractivity contribution in [1.82, 2.24) is 18.7 Å². The van der Waals surface area contributed by atoms with E-state index in [2.05, 4.69) is 4.98 Å². The minimum Gasteiger partial charge on any atom is -0.497 e. The highest BCUT2D eigenvalue weighted by molar-refractivity contribution is 5.72. The highest BCUT2D eigenvalue weighted by Crippen LogP contribution is 2.30. The van der Waals surface area contributed by atoms with Gasteiger partial charge >= 0.3 is 5.69 Å². The first kappa shape index (κ1) is 19.3. The van der Waals surface area contributed by atoms with Crippen molar-refractivity contribution in [3.8, 4) is 11.4 Å². The SMILES string of the molecule is COc1cccc(-n2c(=O)n(CC3CC3)c(=O)c3c2ncn3Cc2ccc(F)cc2)c1. The molecular formula is C23H21FN4O3. The number of aromatic nitrogens is 4. The van der Waals surface area contributed by atoms with Gasteiger partial charge in [0.15, 0.2) is 11.2 Å². The van der Waals surface area contributed by atoms with Gasteiger partial charge in [0.1, 0.15) is 11.6 Å². The van der Waals surface area contributed by atoms with E-state index in [1.165, 1.54) is 21.3 Å². The molecule has 2 heterocycles. The molecule has 8 heteroatoms. The van der Waals surface area contributed by atoms with Crippen LogP contribution in [0.15, 0.2) is 64.4 Å². The van der Waals surface area contributed by atoms with Gasteiger partial charge in [0.25, 0.3) is 5.56 Å². The second-order valence-corrected chi connectivity index (χ2v) is 7.85. The lowest BCUT2D eigenvalue weighted by Gasteiger charge is -2.13. The zero-order valence-corrected chi connectivity index (χ0v) is 17.0. The molecule has 31 heavy (non-hydrogen) atoms. The standard InChI is InChI=1S/C23H21FN4O3/c1-31-19-4-2-3-18(11-19)28-21-20(22(29)27(23(28)30)13-16-5-6-16)26(14-25-21)12-15-7-9-17(24)10-8-15/h2-4,7-11,14,16H,5-6,12-13H2,1H3. The topological polar surface area (TPSA) is 71.1 Å². The van der Waals surface area contributed by atoms with Gasteiger partial charge in [-0.15, -0.1) is 0 Å². The molecule has 0 atom stereocenters. The van der Waals surface area contributed by atoms with Crippen molar-refractivity contribution >= 4 is 11.2 Å². The summed E-state index contributed by atoms with van der Waals surface area (Å²) in [5, 5.41) is 0. The Balaban J connectivity index is 1.73. The van der Waals surface area contributed by atoms with Gasteiger partial charge in [-0.1, -0.05) is 18.2 Å². The molecule has 2 aromatic carbocycles. The number of methoxy groups -OCH3 is 1. The van der Waals surface area contributed by atoms with Crippen LogP contribution in [0.4, 0.5) is 4.39 Å². The van der Waals surface area contributed by atoms with Gasteiger partial charge in [0.05, 0.1) is 19.1 Å². The number of fused-ring (bicyclic) bond motifs is 1. The number of halogens is 1. The molecule has 0 unspecified atom stereocenters. The molecule has 5 rings (SSSR count). The number of benzene rings is 2. The summed E-state index contributed by atoms with van der Waals surface area (Å²) in [6.45, 7) is 0.727. The van der Waals surface area contributed by atoms with E-state index in [9.17, 15) is 14.0 Å². The molecule has 0 bridgehead atoms. The molecule has 4 aromatic rings. The predicted molar refractivity (Wildman–Crippen MR) is 114 cm³/mol. The fourth-order valence-corrected chi connectivity index (χ4v) is 3.79. The molecule has 1 aliphatic carbocycles. The van der Waals surface area contributed by atoms with Crippen LogP contribution in [-0.2, 0) is 13.1 Å². The zero-order valence-electron chi connectivity index (χ0n) is 17.0. The maximum atomic E-state index is 13.4. The number of hydrogen-bond acceptors (Lipinski definition) is 4. The van der Waals surface area contributed by atoms with E-state index in [-0.39, 0.29) is 17.0 Å². The monoisotopic (exact) mass is 420 g/mol. The highest BCUT2D eigenvalue weighted by Gasteiger charge is 2.26. The molecule has 158 valence electrons. The number of hydrogen-bond donors (Lipinski definition) is 0. The van der Waals surface area contributed by atoms with Gasteiger partial charge in [0, 0.05) is 19.2 Å². The van der Waals surface area contributed by atoms with Gasteiger partial charge in [-0.3, -0.25) is 9.36 Å². The van der Waals surface area contributed by atoms with Crippen molar-refractivity contribution in [3.05, 3.63) is 87.1 Å². The summed E-state index contributed by atoms with van der Waals surface area (Å²) in [6.07, 6.45) is 3.57. The summed E-state index contributed by atoms with van der Waals surface area (Å²) in [5.74, 6) is 0.621. The Labute approximate surface area is 177 Å². The molecule has 1 fully saturated rings. The van der Waals surface area contributed by atoms with Crippen LogP contribution >= 0.6 is 0 Å². The molecular weight excluding hydrogens is 399 g/mol. The third-order valence-electron chi connectivity index (χ3n) is 5.62. The fraction of sp³-hybridized carbons (Fsp3) is 0.261. The van der Waals surface area contributed by atoms with Crippen molar-refractivity contribution < 1.29 is 9.13 Å². The van der Waals surface area contributed by atoms with Crippen LogP contribution in [0.25, 0.3) is 16.9 Å². The number of ether oxygens (including phenoxy) is 1. The number of rotatable bonds is 6. The van der Waals surface area contributed by atoms with Gasteiger partial charge in [0.2, 0.25) is 0 Å². The molecule has 0 spiro atoms. The molecule has 0 amide bonds. The predicted octanol–water partition coefficient (Wildman–Crippen LogP) is 2.95. The Morgan fingerprint density at radius 1 is 1.13 bits per heavy atom. The summed E-state index contributed by atoms with van der Waals surface area (Å²) in [4.78, 5) is 31.1. The Kier molecular flexibility index (Phi) is 4.69. The van der Waals surface area contributed by atoms with Crippen molar-refractivity contribution in [2.45, 2.75) is 25.9 Å². The molecule has 0 N–H and O–H groups in total. The molecule has 0 saturated heterocycles. The number of nitrogens with zero attached hydrogens (tertiary/aromatic N) is 4. The third kappa shape index (κ3) is 3.54. The van der Waals surface area contributed by atoms with E-state index < -0.39 is 5.69 Å². The Morgan fingerprint density at radius 3 is 2.61 bits per heavy atom.